The van der Waals surface area contributed by atoms with Gasteiger partial charge >= 0.3 is 0 Å². The van der Waals surface area contributed by atoms with E-state index < -0.39 is 0 Å². The van der Waals surface area contributed by atoms with Crippen LogP contribution >= 0.6 is 0 Å². The largest absolute Gasteiger partial charge is 0.317 e. The van der Waals surface area contributed by atoms with E-state index in [0.29, 0.717) is 6.04 Å². The Labute approximate surface area is 91.1 Å². The monoisotopic (exact) mass is 208 g/mol. The SMILES string of the molecule is CCC(CCCn1ccccc1=O)NC. The first-order chi connectivity index (χ1) is 7.27. The van der Waals surface area contributed by atoms with E-state index in [1.807, 2.05) is 19.3 Å². The molecule has 0 aliphatic carbocycles. The molecule has 1 aromatic heterocycles. The number of hydrogen-bond donors (Lipinski definition) is 1. The Hall–Kier alpha value is -1.09. The summed E-state index contributed by atoms with van der Waals surface area (Å²) in [4.78, 5) is 11.4. The molecule has 0 aliphatic heterocycles. The molecule has 1 N–H and O–H groups in total. The van der Waals surface area contributed by atoms with Crippen molar-refractivity contribution in [2.45, 2.75) is 38.8 Å². The summed E-state index contributed by atoms with van der Waals surface area (Å²) >= 11 is 0. The highest BCUT2D eigenvalue weighted by molar-refractivity contribution is 4.93. The summed E-state index contributed by atoms with van der Waals surface area (Å²) in [6.45, 7) is 2.99. The predicted octanol–water partition coefficient (Wildman–Crippen LogP) is 1.63. The summed E-state index contributed by atoms with van der Waals surface area (Å²) in [7, 11) is 1.99. The molecule has 0 radical (unpaired) electrons. The summed E-state index contributed by atoms with van der Waals surface area (Å²) in [5, 5.41) is 3.27. The van der Waals surface area contributed by atoms with E-state index in [4.69, 9.17) is 0 Å². The smallest absolute Gasteiger partial charge is 0.250 e. The lowest BCUT2D eigenvalue weighted by molar-refractivity contribution is 0.465. The maximum atomic E-state index is 11.4. The highest BCUT2D eigenvalue weighted by Crippen LogP contribution is 2.01. The van der Waals surface area contributed by atoms with E-state index in [-0.39, 0.29) is 5.56 Å². The molecule has 1 aromatic rings. The normalized spacial score (nSPS) is 12.7. The van der Waals surface area contributed by atoms with Crippen molar-refractivity contribution in [3.63, 3.8) is 0 Å². The highest BCUT2D eigenvalue weighted by Gasteiger charge is 2.02. The van der Waals surface area contributed by atoms with Crippen molar-refractivity contribution < 1.29 is 0 Å². The molecule has 1 unspecified atom stereocenters. The lowest BCUT2D eigenvalue weighted by Gasteiger charge is -2.13. The van der Waals surface area contributed by atoms with Gasteiger partial charge in [-0.2, -0.15) is 0 Å². The van der Waals surface area contributed by atoms with Crippen LogP contribution in [0.25, 0.3) is 0 Å². The molecule has 1 atom stereocenters. The van der Waals surface area contributed by atoms with Gasteiger partial charge in [-0.1, -0.05) is 13.0 Å². The zero-order chi connectivity index (χ0) is 11.1. The summed E-state index contributed by atoms with van der Waals surface area (Å²) in [5.74, 6) is 0. The fraction of sp³-hybridized carbons (Fsp3) is 0.583. The molecule has 1 rings (SSSR count). The number of aryl methyl sites for hydroxylation is 1. The van der Waals surface area contributed by atoms with Crippen molar-refractivity contribution in [3.05, 3.63) is 34.7 Å². The quantitative estimate of drug-likeness (QED) is 0.771. The van der Waals surface area contributed by atoms with Crippen molar-refractivity contribution in [2.75, 3.05) is 7.05 Å². The van der Waals surface area contributed by atoms with Crippen LogP contribution in [0.3, 0.4) is 0 Å². The average Bonchev–Trinajstić information content (AvgIpc) is 2.27. The summed E-state index contributed by atoms with van der Waals surface area (Å²) in [6.07, 6.45) is 5.15. The van der Waals surface area contributed by atoms with Crippen LogP contribution in [0.1, 0.15) is 26.2 Å². The van der Waals surface area contributed by atoms with Gasteiger partial charge in [0.15, 0.2) is 0 Å². The molecule has 84 valence electrons. The molecule has 15 heavy (non-hydrogen) atoms. The van der Waals surface area contributed by atoms with Gasteiger partial charge in [-0.05, 0) is 32.4 Å². The second kappa shape index (κ2) is 6.40. The van der Waals surface area contributed by atoms with Crippen molar-refractivity contribution in [1.29, 1.82) is 0 Å². The van der Waals surface area contributed by atoms with Crippen LogP contribution in [0.2, 0.25) is 0 Å². The molecule has 1 heterocycles. The van der Waals surface area contributed by atoms with Gasteiger partial charge in [-0.3, -0.25) is 4.79 Å². The number of nitrogens with one attached hydrogen (secondary N) is 1. The minimum Gasteiger partial charge on any atom is -0.317 e. The first kappa shape index (κ1) is 12.0. The van der Waals surface area contributed by atoms with Gasteiger partial charge in [0.25, 0.3) is 0 Å². The molecule has 0 bridgehead atoms. The summed E-state index contributed by atoms with van der Waals surface area (Å²) < 4.78 is 1.77. The van der Waals surface area contributed by atoms with Crippen molar-refractivity contribution in [3.8, 4) is 0 Å². The molecule has 0 spiro atoms. The average molecular weight is 208 g/mol. The first-order valence-corrected chi connectivity index (χ1v) is 5.60. The molecule has 0 fully saturated rings. The number of hydrogen-bond acceptors (Lipinski definition) is 2. The Bertz CT molecular complexity index is 328. The molecule has 3 nitrogen and oxygen atoms in total. The standard InChI is InChI=1S/C12H20N2O/c1-3-11(13-2)7-6-10-14-9-5-4-8-12(14)15/h4-5,8-9,11,13H,3,6-7,10H2,1-2H3. The van der Waals surface area contributed by atoms with Crippen LogP contribution in [0.4, 0.5) is 0 Å². The van der Waals surface area contributed by atoms with Crippen LogP contribution in [0, 0.1) is 0 Å². The van der Waals surface area contributed by atoms with Gasteiger partial charge in [0.2, 0.25) is 5.56 Å². The second-order valence-corrected chi connectivity index (χ2v) is 3.77. The summed E-state index contributed by atoms with van der Waals surface area (Å²) in [6, 6.07) is 5.86. The molecule has 0 aromatic carbocycles. The van der Waals surface area contributed by atoms with Gasteiger partial charge in [0.05, 0.1) is 0 Å². The van der Waals surface area contributed by atoms with E-state index in [9.17, 15) is 4.79 Å². The van der Waals surface area contributed by atoms with Gasteiger partial charge < -0.3 is 9.88 Å². The third kappa shape index (κ3) is 3.88. The highest BCUT2D eigenvalue weighted by atomic mass is 16.1. The number of nitrogens with zero attached hydrogens (tertiary/aromatic N) is 1. The Morgan fingerprint density at radius 2 is 2.27 bits per heavy atom. The maximum Gasteiger partial charge on any atom is 0.250 e. The van der Waals surface area contributed by atoms with Crippen molar-refractivity contribution in [1.82, 2.24) is 9.88 Å². The fourth-order valence-electron chi connectivity index (χ4n) is 1.71. The minimum atomic E-state index is 0.0926. The Morgan fingerprint density at radius 3 is 2.87 bits per heavy atom. The topological polar surface area (TPSA) is 34.0 Å². The van der Waals surface area contributed by atoms with Crippen LogP contribution in [0.15, 0.2) is 29.2 Å². The zero-order valence-corrected chi connectivity index (χ0v) is 9.57. The third-order valence-electron chi connectivity index (χ3n) is 2.75. The molecule has 0 saturated carbocycles. The van der Waals surface area contributed by atoms with E-state index in [0.717, 1.165) is 25.8 Å². The van der Waals surface area contributed by atoms with Gasteiger partial charge in [-0.15, -0.1) is 0 Å². The Kier molecular flexibility index (Phi) is 5.12. The molecule has 0 saturated heterocycles. The van der Waals surface area contributed by atoms with Crippen LogP contribution in [-0.4, -0.2) is 17.7 Å². The maximum absolute atomic E-state index is 11.4. The third-order valence-corrected chi connectivity index (χ3v) is 2.75. The van der Waals surface area contributed by atoms with Gasteiger partial charge in [-0.25, -0.2) is 0 Å². The molecular weight excluding hydrogens is 188 g/mol. The molecule has 3 heteroatoms. The molecular formula is C12H20N2O. The van der Waals surface area contributed by atoms with E-state index in [1.54, 1.807) is 16.7 Å². The molecule has 0 amide bonds. The van der Waals surface area contributed by atoms with Crippen LogP contribution < -0.4 is 10.9 Å². The van der Waals surface area contributed by atoms with E-state index >= 15 is 0 Å². The number of aromatic nitrogens is 1. The second-order valence-electron chi connectivity index (χ2n) is 3.77. The Morgan fingerprint density at radius 1 is 1.47 bits per heavy atom. The summed E-state index contributed by atoms with van der Waals surface area (Å²) in [5.41, 5.74) is 0.0926. The minimum absolute atomic E-state index is 0.0926. The number of pyridine rings is 1. The fourth-order valence-corrected chi connectivity index (χ4v) is 1.71. The van der Waals surface area contributed by atoms with Crippen molar-refractivity contribution in [2.24, 2.45) is 0 Å². The van der Waals surface area contributed by atoms with Gasteiger partial charge in [0, 0.05) is 24.8 Å². The number of rotatable bonds is 6. The van der Waals surface area contributed by atoms with Crippen LogP contribution in [-0.2, 0) is 6.54 Å². The predicted molar refractivity (Wildman–Crippen MR) is 63.1 cm³/mol. The van der Waals surface area contributed by atoms with Crippen molar-refractivity contribution >= 4 is 0 Å². The first-order valence-electron chi connectivity index (χ1n) is 5.60. The lowest BCUT2D eigenvalue weighted by atomic mass is 10.1. The molecule has 0 aliphatic rings. The van der Waals surface area contributed by atoms with Gasteiger partial charge in [0.1, 0.15) is 0 Å². The lowest BCUT2D eigenvalue weighted by Crippen LogP contribution is -2.25. The Balaban J connectivity index is 2.38. The van der Waals surface area contributed by atoms with E-state index in [2.05, 4.69) is 12.2 Å². The van der Waals surface area contributed by atoms with E-state index in [1.165, 1.54) is 0 Å². The van der Waals surface area contributed by atoms with Crippen LogP contribution in [0.5, 0.6) is 0 Å². The zero-order valence-electron chi connectivity index (χ0n) is 9.57.